The number of aromatic amines is 1. The predicted molar refractivity (Wildman–Crippen MR) is 210 cm³/mol. The third-order valence-corrected chi connectivity index (χ3v) is 10.5. The highest BCUT2D eigenvalue weighted by molar-refractivity contribution is 6.21. The largest absolute Gasteiger partial charge is 0.497 e. The molecular formula is C44H45N3O10. The Kier molecular flexibility index (Phi) is 12.1. The van der Waals surface area contributed by atoms with E-state index in [1.165, 1.54) is 17.2 Å². The molecule has 1 fully saturated rings. The smallest absolute Gasteiger partial charge is 0.330 e. The first-order valence-corrected chi connectivity index (χ1v) is 19.0. The van der Waals surface area contributed by atoms with Gasteiger partial charge in [-0.2, -0.15) is 0 Å². The zero-order valence-corrected chi connectivity index (χ0v) is 31.7. The van der Waals surface area contributed by atoms with Gasteiger partial charge in [0.1, 0.15) is 35.4 Å². The lowest BCUT2D eigenvalue weighted by atomic mass is 9.80. The number of H-pyrrole nitrogens is 1. The van der Waals surface area contributed by atoms with Gasteiger partial charge in [-0.15, -0.1) is 0 Å². The molecule has 5 aromatic rings. The maximum atomic E-state index is 12.9. The average Bonchev–Trinajstić information content (AvgIpc) is 3.68. The lowest BCUT2D eigenvalue weighted by Crippen LogP contribution is -2.41. The quantitative estimate of drug-likeness (QED) is 0.0743. The number of aliphatic hydroxyl groups is 1. The summed E-state index contributed by atoms with van der Waals surface area (Å²) in [5.74, 6) is 0.801. The number of imide groups is 1. The van der Waals surface area contributed by atoms with Crippen LogP contribution in [0, 0.1) is 0 Å². The molecule has 7 rings (SSSR count). The van der Waals surface area contributed by atoms with Gasteiger partial charge >= 0.3 is 5.69 Å². The summed E-state index contributed by atoms with van der Waals surface area (Å²) in [6.07, 6.45) is -0.253. The van der Waals surface area contributed by atoms with Crippen LogP contribution in [0.4, 0.5) is 0 Å². The summed E-state index contributed by atoms with van der Waals surface area (Å²) < 4.78 is 31.9. The van der Waals surface area contributed by atoms with Gasteiger partial charge in [0.15, 0.2) is 6.23 Å². The second kappa shape index (κ2) is 17.5. The molecule has 296 valence electrons. The third kappa shape index (κ3) is 8.05. The van der Waals surface area contributed by atoms with E-state index < -0.39 is 41.4 Å². The van der Waals surface area contributed by atoms with Crippen LogP contribution < -0.4 is 20.7 Å². The van der Waals surface area contributed by atoms with E-state index in [2.05, 4.69) is 4.98 Å². The van der Waals surface area contributed by atoms with Gasteiger partial charge in [0, 0.05) is 25.4 Å². The molecule has 13 nitrogen and oxygen atoms in total. The van der Waals surface area contributed by atoms with Gasteiger partial charge in [-0.1, -0.05) is 79.6 Å². The molecule has 0 radical (unpaired) electrons. The first-order chi connectivity index (χ1) is 27.7. The SMILES string of the molecule is COc1ccc(C(OC[C@H]2O[C@@H](n3ccc(=O)[nH]c3=O)C(O)[C@H]2OCCCCCCN2C(=O)c3ccccc3C2=O)(c2ccccc2)c2ccc(OC)cc2)cc1. The number of amides is 2. The van der Waals surface area contributed by atoms with Crippen molar-refractivity contribution >= 4 is 11.8 Å². The summed E-state index contributed by atoms with van der Waals surface area (Å²) in [4.78, 5) is 53.8. The fraction of sp³-hybridized carbons (Fsp3) is 0.318. The Labute approximate surface area is 329 Å². The minimum Gasteiger partial charge on any atom is -0.497 e. The minimum absolute atomic E-state index is 0.0798. The number of carbonyl (C=O) groups is 2. The van der Waals surface area contributed by atoms with Gasteiger partial charge in [-0.05, 0) is 65.9 Å². The summed E-state index contributed by atoms with van der Waals surface area (Å²) in [6, 6.07) is 33.0. The molecule has 2 aliphatic heterocycles. The van der Waals surface area contributed by atoms with Crippen molar-refractivity contribution < 1.29 is 38.4 Å². The van der Waals surface area contributed by atoms with Crippen molar-refractivity contribution in [3.63, 3.8) is 0 Å². The summed E-state index contributed by atoms with van der Waals surface area (Å²) in [5.41, 5.74) is 0.782. The topological polar surface area (TPSA) is 159 Å². The molecule has 0 aliphatic carbocycles. The summed E-state index contributed by atoms with van der Waals surface area (Å²) >= 11 is 0. The molecule has 2 aliphatic rings. The number of benzene rings is 4. The van der Waals surface area contributed by atoms with E-state index in [-0.39, 0.29) is 25.0 Å². The summed E-state index contributed by atoms with van der Waals surface area (Å²) in [5, 5.41) is 11.7. The molecule has 1 aromatic heterocycles. The fourth-order valence-corrected chi connectivity index (χ4v) is 7.59. The summed E-state index contributed by atoms with van der Waals surface area (Å²) in [6.45, 7) is 0.495. The van der Waals surface area contributed by atoms with Crippen LogP contribution in [0.25, 0.3) is 0 Å². The fourth-order valence-electron chi connectivity index (χ4n) is 7.59. The van der Waals surface area contributed by atoms with E-state index in [1.54, 1.807) is 38.5 Å². The molecule has 13 heteroatoms. The van der Waals surface area contributed by atoms with E-state index in [9.17, 15) is 24.3 Å². The van der Waals surface area contributed by atoms with Crippen LogP contribution in [0.3, 0.4) is 0 Å². The number of hydrogen-bond donors (Lipinski definition) is 2. The first-order valence-electron chi connectivity index (χ1n) is 19.0. The zero-order valence-electron chi connectivity index (χ0n) is 31.7. The van der Waals surface area contributed by atoms with Crippen molar-refractivity contribution in [3.8, 4) is 11.5 Å². The molecule has 0 bridgehead atoms. The number of unbranched alkanes of at least 4 members (excludes halogenated alkanes) is 3. The Hall–Kier alpha value is -5.86. The molecule has 0 spiro atoms. The number of fused-ring (bicyclic) bond motifs is 1. The molecule has 57 heavy (non-hydrogen) atoms. The lowest BCUT2D eigenvalue weighted by molar-refractivity contribution is -0.104. The Bertz CT molecular complexity index is 2190. The molecule has 4 atom stereocenters. The highest BCUT2D eigenvalue weighted by atomic mass is 16.6. The standard InChI is InChI=1S/C44H45N3O10/c1-53-32-20-16-30(17-21-32)44(29-12-6-5-7-13-29,31-18-22-33(54-2)23-19-31)56-28-36-39(38(49)42(57-36)47-26-24-37(48)45-43(47)52)55-27-11-4-3-10-25-46-40(50)34-14-8-9-15-35(34)41(46)51/h5-9,12-24,26,36,38-39,42,49H,3-4,10-11,25,27-28H2,1-2H3,(H,45,48,52)/t36-,38?,39+,42-/m1/s1. The molecule has 1 saturated heterocycles. The second-order valence-corrected chi connectivity index (χ2v) is 13.9. The van der Waals surface area contributed by atoms with E-state index in [1.807, 2.05) is 78.9 Å². The predicted octanol–water partition coefficient (Wildman–Crippen LogP) is 5.06. The minimum atomic E-state index is -1.30. The Balaban J connectivity index is 1.10. The van der Waals surface area contributed by atoms with Crippen LogP contribution in [0.1, 0.15) is 69.3 Å². The van der Waals surface area contributed by atoms with Crippen LogP contribution in [-0.4, -0.2) is 83.7 Å². The third-order valence-electron chi connectivity index (χ3n) is 10.5. The van der Waals surface area contributed by atoms with Gasteiger partial charge in [-0.3, -0.25) is 28.8 Å². The van der Waals surface area contributed by atoms with Crippen LogP contribution in [0.15, 0.2) is 125 Å². The normalized spacial score (nSPS) is 19.2. The summed E-state index contributed by atoms with van der Waals surface area (Å²) in [7, 11) is 3.20. The Morgan fingerprint density at radius 3 is 1.84 bits per heavy atom. The van der Waals surface area contributed by atoms with E-state index in [0.717, 1.165) is 34.1 Å². The zero-order chi connectivity index (χ0) is 39.9. The van der Waals surface area contributed by atoms with Crippen LogP contribution in [-0.2, 0) is 19.8 Å². The maximum Gasteiger partial charge on any atom is 0.330 e. The van der Waals surface area contributed by atoms with Gasteiger partial charge in [-0.25, -0.2) is 4.79 Å². The number of carbonyl (C=O) groups excluding carboxylic acids is 2. The first kappa shape index (κ1) is 39.4. The van der Waals surface area contributed by atoms with Crippen molar-refractivity contribution in [2.75, 3.05) is 34.0 Å². The lowest BCUT2D eigenvalue weighted by Gasteiger charge is -2.37. The molecular weight excluding hydrogens is 730 g/mol. The van der Waals surface area contributed by atoms with Crippen molar-refractivity contribution in [2.24, 2.45) is 0 Å². The monoisotopic (exact) mass is 775 g/mol. The Morgan fingerprint density at radius 2 is 1.26 bits per heavy atom. The number of nitrogens with zero attached hydrogens (tertiary/aromatic N) is 2. The molecule has 2 N–H and O–H groups in total. The van der Waals surface area contributed by atoms with E-state index in [0.29, 0.717) is 42.0 Å². The van der Waals surface area contributed by atoms with Gasteiger partial charge in [0.2, 0.25) is 0 Å². The molecule has 3 heterocycles. The molecule has 2 amide bonds. The van der Waals surface area contributed by atoms with E-state index in [4.69, 9.17) is 23.7 Å². The number of aliphatic hydroxyl groups excluding tert-OH is 1. The highest BCUT2D eigenvalue weighted by Gasteiger charge is 2.48. The van der Waals surface area contributed by atoms with Crippen LogP contribution in [0.5, 0.6) is 11.5 Å². The Morgan fingerprint density at radius 1 is 0.702 bits per heavy atom. The average molecular weight is 776 g/mol. The van der Waals surface area contributed by atoms with Crippen molar-refractivity contribution in [2.45, 2.75) is 55.8 Å². The van der Waals surface area contributed by atoms with Crippen molar-refractivity contribution in [1.82, 2.24) is 14.5 Å². The highest BCUT2D eigenvalue weighted by Crippen LogP contribution is 2.43. The number of nitrogens with one attached hydrogen (secondary N) is 1. The van der Waals surface area contributed by atoms with Crippen molar-refractivity contribution in [1.29, 1.82) is 0 Å². The maximum absolute atomic E-state index is 12.9. The number of methoxy groups -OCH3 is 2. The van der Waals surface area contributed by atoms with Crippen LogP contribution >= 0.6 is 0 Å². The van der Waals surface area contributed by atoms with E-state index >= 15 is 0 Å². The van der Waals surface area contributed by atoms with Gasteiger partial charge < -0.3 is 28.8 Å². The van der Waals surface area contributed by atoms with Crippen LogP contribution in [0.2, 0.25) is 0 Å². The van der Waals surface area contributed by atoms with Gasteiger partial charge in [0.25, 0.3) is 17.4 Å². The number of rotatable bonds is 17. The van der Waals surface area contributed by atoms with Crippen molar-refractivity contribution in [3.05, 3.63) is 164 Å². The second-order valence-electron chi connectivity index (χ2n) is 13.9. The molecule has 4 aromatic carbocycles. The molecule has 0 saturated carbocycles. The number of hydrogen-bond acceptors (Lipinski definition) is 10. The van der Waals surface area contributed by atoms with Gasteiger partial charge in [0.05, 0.1) is 32.0 Å². The molecule has 1 unspecified atom stereocenters. The number of ether oxygens (including phenoxy) is 5. The number of aromatic nitrogens is 2.